The van der Waals surface area contributed by atoms with Gasteiger partial charge in [-0.2, -0.15) is 0 Å². The van der Waals surface area contributed by atoms with Crippen LogP contribution in [0.25, 0.3) is 11.3 Å². The highest BCUT2D eigenvalue weighted by Gasteiger charge is 2.25. The van der Waals surface area contributed by atoms with Gasteiger partial charge in [0.2, 0.25) is 0 Å². The van der Waals surface area contributed by atoms with Crippen molar-refractivity contribution < 1.29 is 13.7 Å². The molecule has 0 saturated carbocycles. The number of aromatic nitrogens is 1. The smallest absolute Gasteiger partial charge is 0.258 e. The van der Waals surface area contributed by atoms with Crippen LogP contribution in [0.5, 0.6) is 0 Å². The summed E-state index contributed by atoms with van der Waals surface area (Å²) in [5.41, 5.74) is 0.118. The molecule has 0 amide bonds. The van der Waals surface area contributed by atoms with Gasteiger partial charge < -0.3 is 4.52 Å². The van der Waals surface area contributed by atoms with E-state index in [1.54, 1.807) is 6.92 Å². The third-order valence-corrected chi connectivity index (χ3v) is 2.98. The lowest BCUT2D eigenvalue weighted by molar-refractivity contribution is 0.108. The molecule has 0 aliphatic rings. The van der Waals surface area contributed by atoms with Crippen LogP contribution >= 0.6 is 23.2 Å². The fraction of sp³-hybridized carbons (Fsp3) is 0.167. The maximum absolute atomic E-state index is 13.8. The zero-order chi connectivity index (χ0) is 13.3. The molecule has 0 aliphatic heterocycles. The average Bonchev–Trinajstić information content (AvgIpc) is 2.72. The predicted molar refractivity (Wildman–Crippen MR) is 66.5 cm³/mol. The van der Waals surface area contributed by atoms with Gasteiger partial charge in [0.25, 0.3) is 5.24 Å². The fourth-order valence-electron chi connectivity index (χ4n) is 1.66. The largest absolute Gasteiger partial charge is 0.360 e. The van der Waals surface area contributed by atoms with E-state index in [-0.39, 0.29) is 21.8 Å². The molecule has 18 heavy (non-hydrogen) atoms. The van der Waals surface area contributed by atoms with Gasteiger partial charge in [-0.1, -0.05) is 29.7 Å². The molecule has 3 nitrogen and oxygen atoms in total. The fourth-order valence-corrected chi connectivity index (χ4v) is 2.11. The molecule has 2 aromatic rings. The Kier molecular flexibility index (Phi) is 3.68. The van der Waals surface area contributed by atoms with Crippen LogP contribution in [0.4, 0.5) is 4.39 Å². The quantitative estimate of drug-likeness (QED) is 0.799. The number of benzene rings is 1. The normalized spacial score (nSPS) is 10.7. The van der Waals surface area contributed by atoms with E-state index in [4.69, 9.17) is 27.7 Å². The number of hydrogen-bond donors (Lipinski definition) is 0. The van der Waals surface area contributed by atoms with Crippen molar-refractivity contribution in [3.8, 4) is 11.3 Å². The van der Waals surface area contributed by atoms with Crippen molar-refractivity contribution in [1.29, 1.82) is 0 Å². The highest BCUT2D eigenvalue weighted by atomic mass is 35.5. The first kappa shape index (κ1) is 13.1. The molecule has 0 saturated heterocycles. The van der Waals surface area contributed by atoms with Gasteiger partial charge in [0, 0.05) is 6.42 Å². The van der Waals surface area contributed by atoms with Crippen molar-refractivity contribution >= 4 is 28.4 Å². The average molecular weight is 288 g/mol. The molecule has 0 bridgehead atoms. The van der Waals surface area contributed by atoms with Gasteiger partial charge >= 0.3 is 0 Å². The maximum Gasteiger partial charge on any atom is 0.258 e. The molecule has 6 heteroatoms. The van der Waals surface area contributed by atoms with Crippen molar-refractivity contribution in [2.45, 2.75) is 13.3 Å². The van der Waals surface area contributed by atoms with Crippen molar-refractivity contribution in [2.75, 3.05) is 0 Å². The molecule has 0 atom stereocenters. The summed E-state index contributed by atoms with van der Waals surface area (Å²) in [6, 6.07) is 4.19. The summed E-state index contributed by atoms with van der Waals surface area (Å²) in [6.45, 7) is 1.77. The minimum Gasteiger partial charge on any atom is -0.360 e. The van der Waals surface area contributed by atoms with Crippen LogP contribution in [0.3, 0.4) is 0 Å². The zero-order valence-electron chi connectivity index (χ0n) is 9.34. The maximum atomic E-state index is 13.8. The van der Waals surface area contributed by atoms with Crippen molar-refractivity contribution in [2.24, 2.45) is 0 Å². The van der Waals surface area contributed by atoms with Crippen molar-refractivity contribution in [1.82, 2.24) is 5.16 Å². The molecule has 0 aliphatic carbocycles. The Labute approximate surface area is 112 Å². The van der Waals surface area contributed by atoms with E-state index in [0.717, 1.165) is 0 Å². The number of aryl methyl sites for hydroxylation is 1. The number of nitrogens with zero attached hydrogens (tertiary/aromatic N) is 1. The van der Waals surface area contributed by atoms with E-state index in [1.807, 2.05) is 0 Å². The van der Waals surface area contributed by atoms with E-state index >= 15 is 0 Å². The van der Waals surface area contributed by atoms with Crippen LogP contribution < -0.4 is 0 Å². The molecule has 0 unspecified atom stereocenters. The Morgan fingerprint density at radius 1 is 1.50 bits per heavy atom. The van der Waals surface area contributed by atoms with Crippen LogP contribution in [-0.2, 0) is 6.42 Å². The number of halogens is 3. The topological polar surface area (TPSA) is 43.1 Å². The number of hydrogen-bond acceptors (Lipinski definition) is 3. The molecule has 0 spiro atoms. The minimum atomic E-state index is -0.748. The van der Waals surface area contributed by atoms with Crippen LogP contribution in [-0.4, -0.2) is 10.4 Å². The third kappa shape index (κ3) is 2.13. The molecule has 0 N–H and O–H groups in total. The highest BCUT2D eigenvalue weighted by Crippen LogP contribution is 2.34. The molecular formula is C12H8Cl2FNO2. The summed E-state index contributed by atoms with van der Waals surface area (Å²) in [6.07, 6.45) is 0.423. The summed E-state index contributed by atoms with van der Waals surface area (Å²) in [5, 5.41) is 3.09. The van der Waals surface area contributed by atoms with Gasteiger partial charge in [0.05, 0.1) is 10.6 Å². The van der Waals surface area contributed by atoms with Gasteiger partial charge in [0.15, 0.2) is 0 Å². The Balaban J connectivity index is 2.72. The van der Waals surface area contributed by atoms with Gasteiger partial charge in [-0.25, -0.2) is 4.39 Å². The number of rotatable bonds is 3. The van der Waals surface area contributed by atoms with E-state index in [0.29, 0.717) is 12.2 Å². The summed E-state index contributed by atoms with van der Waals surface area (Å²) in [5.74, 6) is -0.276. The van der Waals surface area contributed by atoms with Gasteiger partial charge in [-0.05, 0) is 23.7 Å². The van der Waals surface area contributed by atoms with Crippen molar-refractivity contribution in [3.63, 3.8) is 0 Å². The molecular weight excluding hydrogens is 280 g/mol. The third-order valence-electron chi connectivity index (χ3n) is 2.48. The van der Waals surface area contributed by atoms with Crippen LogP contribution in [0.15, 0.2) is 22.7 Å². The summed E-state index contributed by atoms with van der Waals surface area (Å²) < 4.78 is 18.8. The molecule has 2 rings (SSSR count). The lowest BCUT2D eigenvalue weighted by Gasteiger charge is -2.03. The summed E-state index contributed by atoms with van der Waals surface area (Å²) in [4.78, 5) is 11.4. The van der Waals surface area contributed by atoms with Gasteiger partial charge in [0.1, 0.15) is 22.8 Å². The van der Waals surface area contributed by atoms with Crippen molar-refractivity contribution in [3.05, 3.63) is 40.4 Å². The first-order valence-corrected chi connectivity index (χ1v) is 5.94. The Morgan fingerprint density at radius 3 is 2.78 bits per heavy atom. The zero-order valence-corrected chi connectivity index (χ0v) is 10.8. The second-order valence-corrected chi connectivity index (χ2v) is 4.30. The van der Waals surface area contributed by atoms with E-state index in [1.165, 1.54) is 18.2 Å². The SMILES string of the molecule is CCc1onc(-c2c(F)cccc2Cl)c1C(=O)Cl. The molecule has 94 valence electrons. The highest BCUT2D eigenvalue weighted by molar-refractivity contribution is 6.68. The summed E-state index contributed by atoms with van der Waals surface area (Å²) >= 11 is 11.4. The lowest BCUT2D eigenvalue weighted by Crippen LogP contribution is -1.97. The Hall–Kier alpha value is -1.39. The first-order valence-electron chi connectivity index (χ1n) is 5.19. The van der Waals surface area contributed by atoms with Crippen LogP contribution in [0, 0.1) is 5.82 Å². The van der Waals surface area contributed by atoms with Gasteiger partial charge in [-0.15, -0.1) is 0 Å². The molecule has 0 radical (unpaired) electrons. The number of carbonyl (C=O) groups is 1. The second kappa shape index (κ2) is 5.08. The van der Waals surface area contributed by atoms with Gasteiger partial charge in [-0.3, -0.25) is 4.79 Å². The molecule has 1 aromatic heterocycles. The van der Waals surface area contributed by atoms with E-state index < -0.39 is 11.1 Å². The first-order chi connectivity index (χ1) is 8.56. The molecule has 1 aromatic carbocycles. The summed E-state index contributed by atoms with van der Waals surface area (Å²) in [7, 11) is 0. The number of carbonyl (C=O) groups excluding carboxylic acids is 1. The standard InChI is InChI=1S/C12H8Cl2FNO2/c1-2-8-10(12(14)17)11(16-18-8)9-6(13)4-3-5-7(9)15/h3-5H,2H2,1H3. The van der Waals surface area contributed by atoms with Crippen LogP contribution in [0.2, 0.25) is 5.02 Å². The predicted octanol–water partition coefficient (Wildman–Crippen LogP) is 4.08. The van der Waals surface area contributed by atoms with Crippen LogP contribution in [0.1, 0.15) is 23.0 Å². The Morgan fingerprint density at radius 2 is 2.22 bits per heavy atom. The lowest BCUT2D eigenvalue weighted by atomic mass is 10.1. The Bertz CT molecular complexity index is 590. The monoisotopic (exact) mass is 287 g/mol. The molecule has 1 heterocycles. The molecule has 0 fully saturated rings. The van der Waals surface area contributed by atoms with E-state index in [9.17, 15) is 9.18 Å². The van der Waals surface area contributed by atoms with E-state index in [2.05, 4.69) is 5.16 Å². The second-order valence-electron chi connectivity index (χ2n) is 3.55. The minimum absolute atomic E-state index is 0.0200.